The summed E-state index contributed by atoms with van der Waals surface area (Å²) in [6, 6.07) is 0. The Balaban J connectivity index is 1.84. The first-order valence-electron chi connectivity index (χ1n) is 8.80. The Morgan fingerprint density at radius 1 is 1.24 bits per heavy atom. The summed E-state index contributed by atoms with van der Waals surface area (Å²) >= 11 is 0. The molecule has 2 saturated heterocycles. The Bertz CT molecular complexity index is 329. The number of hydrogen-bond acceptors (Lipinski definition) is 3. The third kappa shape index (κ3) is 4.19. The molecule has 0 saturated carbocycles. The zero-order chi connectivity index (χ0) is 15.3. The molecular formula is C17H33N3O. The Morgan fingerprint density at radius 3 is 2.48 bits per heavy atom. The van der Waals surface area contributed by atoms with Gasteiger partial charge < -0.3 is 10.2 Å². The molecule has 21 heavy (non-hydrogen) atoms. The molecular weight excluding hydrogens is 262 g/mol. The van der Waals surface area contributed by atoms with E-state index in [1.165, 1.54) is 13.0 Å². The van der Waals surface area contributed by atoms with Gasteiger partial charge in [-0.1, -0.05) is 20.8 Å². The Hall–Kier alpha value is -0.610. The summed E-state index contributed by atoms with van der Waals surface area (Å²) in [6.07, 6.45) is 4.42. The number of piperidine rings is 1. The van der Waals surface area contributed by atoms with Crippen molar-refractivity contribution < 1.29 is 4.79 Å². The van der Waals surface area contributed by atoms with Crippen LogP contribution in [-0.2, 0) is 4.79 Å². The molecule has 0 aromatic heterocycles. The number of hydrogen-bond donors (Lipinski definition) is 1. The largest absolute Gasteiger partial charge is 0.340 e. The molecule has 1 N–H and O–H groups in total. The highest BCUT2D eigenvalue weighted by Crippen LogP contribution is 2.32. The third-order valence-electron chi connectivity index (χ3n) is 5.28. The van der Waals surface area contributed by atoms with Crippen LogP contribution in [0, 0.1) is 11.3 Å². The molecule has 2 aliphatic heterocycles. The molecule has 0 aliphatic carbocycles. The van der Waals surface area contributed by atoms with Crippen molar-refractivity contribution in [1.82, 2.24) is 15.1 Å². The van der Waals surface area contributed by atoms with E-state index in [4.69, 9.17) is 0 Å². The van der Waals surface area contributed by atoms with Gasteiger partial charge >= 0.3 is 0 Å². The van der Waals surface area contributed by atoms with Gasteiger partial charge in [-0.05, 0) is 44.7 Å². The fourth-order valence-corrected chi connectivity index (χ4v) is 3.55. The molecule has 0 spiro atoms. The average Bonchev–Trinajstić information content (AvgIpc) is 2.53. The van der Waals surface area contributed by atoms with Gasteiger partial charge in [0.25, 0.3) is 0 Å². The molecule has 1 amide bonds. The maximum Gasteiger partial charge on any atom is 0.230 e. The Labute approximate surface area is 130 Å². The second-order valence-electron chi connectivity index (χ2n) is 7.23. The van der Waals surface area contributed by atoms with Crippen LogP contribution in [0.25, 0.3) is 0 Å². The summed E-state index contributed by atoms with van der Waals surface area (Å²) in [7, 11) is 0. The Kier molecular flexibility index (Phi) is 6.06. The first kappa shape index (κ1) is 16.8. The van der Waals surface area contributed by atoms with E-state index >= 15 is 0 Å². The molecule has 0 radical (unpaired) electrons. The summed E-state index contributed by atoms with van der Waals surface area (Å²) in [6.45, 7) is 13.8. The van der Waals surface area contributed by atoms with E-state index in [1.807, 2.05) is 0 Å². The normalized spacial score (nSPS) is 28.1. The summed E-state index contributed by atoms with van der Waals surface area (Å²) in [4.78, 5) is 17.6. The van der Waals surface area contributed by atoms with E-state index < -0.39 is 0 Å². The lowest BCUT2D eigenvalue weighted by Gasteiger charge is -2.42. The number of carbonyl (C=O) groups is 1. The summed E-state index contributed by atoms with van der Waals surface area (Å²) in [5, 5.41) is 3.43. The lowest BCUT2D eigenvalue weighted by molar-refractivity contribution is -0.145. The molecule has 4 heteroatoms. The molecule has 0 aromatic rings. The van der Waals surface area contributed by atoms with Crippen LogP contribution in [0.2, 0.25) is 0 Å². The smallest absolute Gasteiger partial charge is 0.230 e. The van der Waals surface area contributed by atoms with Crippen molar-refractivity contribution in [2.75, 3.05) is 45.8 Å². The minimum Gasteiger partial charge on any atom is -0.340 e. The summed E-state index contributed by atoms with van der Waals surface area (Å²) in [5.74, 6) is 1.17. The van der Waals surface area contributed by atoms with E-state index in [0.717, 1.165) is 64.4 Å². The maximum absolute atomic E-state index is 12.9. The van der Waals surface area contributed by atoms with Gasteiger partial charge in [0.05, 0.1) is 5.41 Å². The minimum atomic E-state index is -0.127. The van der Waals surface area contributed by atoms with Gasteiger partial charge in [-0.25, -0.2) is 0 Å². The lowest BCUT2D eigenvalue weighted by atomic mass is 9.77. The molecule has 0 aromatic carbocycles. The van der Waals surface area contributed by atoms with Crippen LogP contribution in [0.1, 0.15) is 46.5 Å². The fourth-order valence-electron chi connectivity index (χ4n) is 3.55. The molecule has 1 unspecified atom stereocenters. The molecule has 2 heterocycles. The number of amides is 1. The predicted molar refractivity (Wildman–Crippen MR) is 87.3 cm³/mol. The zero-order valence-corrected chi connectivity index (χ0v) is 14.2. The van der Waals surface area contributed by atoms with Crippen molar-refractivity contribution >= 4 is 5.91 Å². The molecule has 2 fully saturated rings. The van der Waals surface area contributed by atoms with E-state index in [-0.39, 0.29) is 5.41 Å². The van der Waals surface area contributed by atoms with Crippen LogP contribution >= 0.6 is 0 Å². The van der Waals surface area contributed by atoms with Gasteiger partial charge in [0.15, 0.2) is 0 Å². The maximum atomic E-state index is 12.9. The highest BCUT2D eigenvalue weighted by atomic mass is 16.2. The summed E-state index contributed by atoms with van der Waals surface area (Å²) in [5.41, 5.74) is -0.127. The van der Waals surface area contributed by atoms with Gasteiger partial charge in [0.1, 0.15) is 0 Å². The van der Waals surface area contributed by atoms with Crippen molar-refractivity contribution in [1.29, 1.82) is 0 Å². The monoisotopic (exact) mass is 295 g/mol. The molecule has 122 valence electrons. The number of piperazine rings is 1. The highest BCUT2D eigenvalue weighted by molar-refractivity contribution is 5.83. The van der Waals surface area contributed by atoms with Crippen molar-refractivity contribution in [3.8, 4) is 0 Å². The van der Waals surface area contributed by atoms with E-state index in [0.29, 0.717) is 5.91 Å². The van der Waals surface area contributed by atoms with E-state index in [1.54, 1.807) is 0 Å². The van der Waals surface area contributed by atoms with E-state index in [9.17, 15) is 4.79 Å². The number of carbonyl (C=O) groups excluding carboxylic acids is 1. The van der Waals surface area contributed by atoms with E-state index in [2.05, 4.69) is 35.9 Å². The SMILES string of the molecule is CCC1(C(=O)N2CCN(CCC(C)C)CC2)CCCNC1. The fraction of sp³-hybridized carbons (Fsp3) is 0.941. The van der Waals surface area contributed by atoms with Gasteiger partial charge in [-0.3, -0.25) is 9.69 Å². The highest BCUT2D eigenvalue weighted by Gasteiger charge is 2.41. The number of rotatable bonds is 5. The Morgan fingerprint density at radius 2 is 1.95 bits per heavy atom. The van der Waals surface area contributed by atoms with Crippen LogP contribution in [0.4, 0.5) is 0 Å². The van der Waals surface area contributed by atoms with Crippen LogP contribution in [0.5, 0.6) is 0 Å². The third-order valence-corrected chi connectivity index (χ3v) is 5.28. The van der Waals surface area contributed by atoms with Crippen molar-refractivity contribution in [3.63, 3.8) is 0 Å². The molecule has 1 atom stereocenters. The van der Waals surface area contributed by atoms with Crippen molar-refractivity contribution in [3.05, 3.63) is 0 Å². The van der Waals surface area contributed by atoms with Gasteiger partial charge in [-0.15, -0.1) is 0 Å². The molecule has 4 nitrogen and oxygen atoms in total. The van der Waals surface area contributed by atoms with Gasteiger partial charge in [0, 0.05) is 32.7 Å². The topological polar surface area (TPSA) is 35.6 Å². The molecule has 2 aliphatic rings. The van der Waals surface area contributed by atoms with Crippen molar-refractivity contribution in [2.24, 2.45) is 11.3 Å². The van der Waals surface area contributed by atoms with Gasteiger partial charge in [0.2, 0.25) is 5.91 Å². The number of nitrogens with zero attached hydrogens (tertiary/aromatic N) is 2. The van der Waals surface area contributed by atoms with Crippen LogP contribution in [-0.4, -0.2) is 61.5 Å². The second kappa shape index (κ2) is 7.59. The standard InChI is InChI=1S/C17H33N3O/c1-4-17(7-5-8-18-14-17)16(21)20-12-10-19(11-13-20)9-6-15(2)3/h15,18H,4-14H2,1-3H3. The van der Waals surface area contributed by atoms with Crippen LogP contribution in [0.15, 0.2) is 0 Å². The predicted octanol–water partition coefficient (Wildman–Crippen LogP) is 1.96. The summed E-state index contributed by atoms with van der Waals surface area (Å²) < 4.78 is 0. The molecule has 2 rings (SSSR count). The number of nitrogens with one attached hydrogen (secondary N) is 1. The van der Waals surface area contributed by atoms with Crippen LogP contribution < -0.4 is 5.32 Å². The quantitative estimate of drug-likeness (QED) is 0.842. The second-order valence-corrected chi connectivity index (χ2v) is 7.23. The zero-order valence-electron chi connectivity index (χ0n) is 14.2. The minimum absolute atomic E-state index is 0.127. The first-order valence-corrected chi connectivity index (χ1v) is 8.80. The van der Waals surface area contributed by atoms with Gasteiger partial charge in [-0.2, -0.15) is 0 Å². The first-order chi connectivity index (χ1) is 10.1. The van der Waals surface area contributed by atoms with Crippen molar-refractivity contribution in [2.45, 2.75) is 46.5 Å². The lowest BCUT2D eigenvalue weighted by Crippen LogP contribution is -2.56. The average molecular weight is 295 g/mol. The van der Waals surface area contributed by atoms with Crippen LogP contribution in [0.3, 0.4) is 0 Å². The molecule has 0 bridgehead atoms.